The van der Waals surface area contributed by atoms with Crippen LogP contribution in [-0.2, 0) is 0 Å². The highest BCUT2D eigenvalue weighted by molar-refractivity contribution is 6.04. The third-order valence-electron chi connectivity index (χ3n) is 4.05. The number of aromatic hydroxyl groups is 1. The van der Waals surface area contributed by atoms with E-state index in [1.165, 1.54) is 24.3 Å². The number of phenolic OH excluding ortho intramolecular Hbond substituents is 1. The van der Waals surface area contributed by atoms with Gasteiger partial charge in [0.15, 0.2) is 0 Å². The Bertz CT molecular complexity index is 1180. The van der Waals surface area contributed by atoms with Crippen molar-refractivity contribution in [2.45, 2.75) is 0 Å². The van der Waals surface area contributed by atoms with Crippen LogP contribution in [0.25, 0.3) is 22.3 Å². The van der Waals surface area contributed by atoms with Crippen LogP contribution in [0.15, 0.2) is 54.6 Å². The second-order valence-electron chi connectivity index (χ2n) is 5.85. The topological polar surface area (TPSA) is 137 Å². The van der Waals surface area contributed by atoms with E-state index in [9.17, 15) is 20.0 Å². The zero-order valence-electron chi connectivity index (χ0n) is 13.8. The molecule has 0 saturated carbocycles. The highest BCUT2D eigenvalue weighted by atomic mass is 16.6. The van der Waals surface area contributed by atoms with Crippen LogP contribution in [-0.4, -0.2) is 31.1 Å². The first-order valence-electron chi connectivity index (χ1n) is 7.93. The quantitative estimate of drug-likeness (QED) is 0.325. The highest BCUT2D eigenvalue weighted by Gasteiger charge is 2.16. The van der Waals surface area contributed by atoms with Gasteiger partial charge >= 0.3 is 0 Å². The summed E-state index contributed by atoms with van der Waals surface area (Å²) in [6, 6.07) is 13.9. The van der Waals surface area contributed by atoms with Crippen LogP contribution in [0.1, 0.15) is 10.5 Å². The lowest BCUT2D eigenvalue weighted by Gasteiger charge is -2.04. The Balaban J connectivity index is 1.64. The van der Waals surface area contributed by atoms with Gasteiger partial charge in [-0.1, -0.05) is 6.07 Å². The Morgan fingerprint density at radius 1 is 1.15 bits per heavy atom. The number of hydrogen-bond donors (Lipinski definition) is 4. The molecule has 2 heterocycles. The maximum absolute atomic E-state index is 12.4. The van der Waals surface area contributed by atoms with E-state index in [1.54, 1.807) is 30.3 Å². The largest absolute Gasteiger partial charge is 0.508 e. The van der Waals surface area contributed by atoms with E-state index < -0.39 is 10.8 Å². The van der Waals surface area contributed by atoms with Crippen molar-refractivity contribution in [1.82, 2.24) is 15.2 Å². The van der Waals surface area contributed by atoms with Gasteiger partial charge in [-0.05, 0) is 30.3 Å². The number of benzene rings is 2. The van der Waals surface area contributed by atoms with Gasteiger partial charge in [-0.25, -0.2) is 0 Å². The Hall–Kier alpha value is -4.14. The average Bonchev–Trinajstić information content (AvgIpc) is 3.28. The molecule has 9 nitrogen and oxygen atoms in total. The van der Waals surface area contributed by atoms with Gasteiger partial charge in [-0.15, -0.1) is 0 Å². The highest BCUT2D eigenvalue weighted by Crippen LogP contribution is 2.29. The molecule has 0 aliphatic carbocycles. The van der Waals surface area contributed by atoms with Crippen molar-refractivity contribution in [2.24, 2.45) is 0 Å². The lowest BCUT2D eigenvalue weighted by atomic mass is 10.1. The van der Waals surface area contributed by atoms with Gasteiger partial charge < -0.3 is 15.4 Å². The van der Waals surface area contributed by atoms with Crippen molar-refractivity contribution >= 4 is 28.2 Å². The van der Waals surface area contributed by atoms with E-state index in [2.05, 4.69) is 20.5 Å². The van der Waals surface area contributed by atoms with Crippen LogP contribution in [0.3, 0.4) is 0 Å². The number of H-pyrrole nitrogens is 2. The fourth-order valence-electron chi connectivity index (χ4n) is 2.77. The molecule has 2 aromatic heterocycles. The van der Waals surface area contributed by atoms with Crippen LogP contribution in [0.5, 0.6) is 5.75 Å². The number of carbonyl (C=O) groups excluding carboxylic acids is 1. The molecule has 0 fully saturated rings. The molecule has 4 N–H and O–H groups in total. The zero-order chi connectivity index (χ0) is 19.0. The summed E-state index contributed by atoms with van der Waals surface area (Å²) >= 11 is 0. The summed E-state index contributed by atoms with van der Waals surface area (Å²) < 4.78 is 0. The molecule has 27 heavy (non-hydrogen) atoms. The average molecular weight is 363 g/mol. The van der Waals surface area contributed by atoms with Crippen molar-refractivity contribution in [2.75, 3.05) is 5.32 Å². The summed E-state index contributed by atoms with van der Waals surface area (Å²) in [6.45, 7) is 0. The summed E-state index contributed by atoms with van der Waals surface area (Å²) in [5.74, 6) is -0.345. The molecule has 9 heteroatoms. The summed E-state index contributed by atoms with van der Waals surface area (Å²) in [7, 11) is 0. The number of anilines is 1. The second kappa shape index (κ2) is 6.30. The molecular formula is C18H13N5O4. The van der Waals surface area contributed by atoms with Crippen LogP contribution >= 0.6 is 0 Å². The number of nitro groups is 1. The maximum Gasteiger partial charge on any atom is 0.272 e. The molecular weight excluding hydrogens is 350 g/mol. The predicted molar refractivity (Wildman–Crippen MR) is 98.6 cm³/mol. The van der Waals surface area contributed by atoms with Gasteiger partial charge in [0.2, 0.25) is 0 Å². The number of aromatic amines is 2. The van der Waals surface area contributed by atoms with E-state index in [4.69, 9.17) is 0 Å². The minimum atomic E-state index is -0.473. The number of carbonyl (C=O) groups is 1. The maximum atomic E-state index is 12.4. The fourth-order valence-corrected chi connectivity index (χ4v) is 2.77. The molecule has 134 valence electrons. The van der Waals surface area contributed by atoms with Crippen LogP contribution in [0.2, 0.25) is 0 Å². The minimum absolute atomic E-state index is 0.0430. The summed E-state index contributed by atoms with van der Waals surface area (Å²) in [5.41, 5.74) is 2.37. The number of rotatable bonds is 4. The first-order chi connectivity index (χ1) is 13.0. The SMILES string of the molecule is O=C(Nc1cccc(O)c1)c1ccc(-c2n[nH]c3ccc([N+](=O)[O-])cc23)[nH]1. The van der Waals surface area contributed by atoms with E-state index >= 15 is 0 Å². The van der Waals surface area contributed by atoms with Crippen LogP contribution in [0, 0.1) is 10.1 Å². The Labute approximate surface area is 151 Å². The van der Waals surface area contributed by atoms with Crippen molar-refractivity contribution in [3.8, 4) is 17.1 Å². The Morgan fingerprint density at radius 3 is 2.78 bits per heavy atom. The number of phenols is 1. The molecule has 0 unspecified atom stereocenters. The van der Waals surface area contributed by atoms with Gasteiger partial charge in [0, 0.05) is 29.3 Å². The van der Waals surface area contributed by atoms with Crippen molar-refractivity contribution in [3.05, 3.63) is 70.4 Å². The lowest BCUT2D eigenvalue weighted by molar-refractivity contribution is -0.384. The minimum Gasteiger partial charge on any atom is -0.508 e. The van der Waals surface area contributed by atoms with Gasteiger partial charge in [0.25, 0.3) is 11.6 Å². The summed E-state index contributed by atoms with van der Waals surface area (Å²) in [5, 5.41) is 30.7. The van der Waals surface area contributed by atoms with Gasteiger partial charge in [-0.3, -0.25) is 20.0 Å². The standard InChI is InChI=1S/C18H13N5O4/c24-12-3-1-2-10(8-12)19-18(25)16-7-6-15(20-16)17-13-9-11(23(26)27)4-5-14(13)21-22-17/h1-9,20,24H,(H,19,25)(H,21,22). The molecule has 2 aromatic carbocycles. The number of amides is 1. The van der Waals surface area contributed by atoms with E-state index in [-0.39, 0.29) is 17.1 Å². The van der Waals surface area contributed by atoms with Crippen molar-refractivity contribution < 1.29 is 14.8 Å². The number of fused-ring (bicyclic) bond motifs is 1. The molecule has 0 radical (unpaired) electrons. The molecule has 0 saturated heterocycles. The number of nitro benzene ring substituents is 1. The number of non-ortho nitro benzene ring substituents is 1. The van der Waals surface area contributed by atoms with Crippen molar-refractivity contribution in [3.63, 3.8) is 0 Å². The molecule has 1 amide bonds. The second-order valence-corrected chi connectivity index (χ2v) is 5.85. The monoisotopic (exact) mass is 363 g/mol. The molecule has 0 aliphatic rings. The lowest BCUT2D eigenvalue weighted by Crippen LogP contribution is -2.12. The van der Waals surface area contributed by atoms with Crippen LogP contribution < -0.4 is 5.32 Å². The Morgan fingerprint density at radius 2 is 2.00 bits per heavy atom. The van der Waals surface area contributed by atoms with E-state index in [1.807, 2.05) is 0 Å². The molecule has 4 aromatic rings. The summed E-state index contributed by atoms with van der Waals surface area (Å²) in [4.78, 5) is 25.9. The van der Waals surface area contributed by atoms with Gasteiger partial charge in [0.1, 0.15) is 17.1 Å². The van der Waals surface area contributed by atoms with E-state index in [0.717, 1.165) is 0 Å². The Kier molecular flexibility index (Phi) is 3.81. The van der Waals surface area contributed by atoms with Crippen molar-refractivity contribution in [1.29, 1.82) is 0 Å². The summed E-state index contributed by atoms with van der Waals surface area (Å²) in [6.07, 6.45) is 0. The number of hydrogen-bond acceptors (Lipinski definition) is 5. The van der Waals surface area contributed by atoms with Gasteiger partial charge in [-0.2, -0.15) is 5.10 Å². The third kappa shape index (κ3) is 3.09. The zero-order valence-corrected chi connectivity index (χ0v) is 13.8. The number of aromatic nitrogens is 3. The molecule has 0 aliphatic heterocycles. The first-order valence-corrected chi connectivity index (χ1v) is 7.93. The van der Waals surface area contributed by atoms with E-state index in [0.29, 0.717) is 28.0 Å². The normalized spacial score (nSPS) is 10.8. The van der Waals surface area contributed by atoms with Gasteiger partial charge in [0.05, 0.1) is 16.1 Å². The molecule has 0 bridgehead atoms. The fraction of sp³-hybridized carbons (Fsp3) is 0. The molecule has 4 rings (SSSR count). The molecule has 0 atom stereocenters. The van der Waals surface area contributed by atoms with Crippen LogP contribution in [0.4, 0.5) is 11.4 Å². The number of nitrogens with one attached hydrogen (secondary N) is 3. The first kappa shape index (κ1) is 16.3. The predicted octanol–water partition coefficient (Wildman–Crippen LogP) is 3.42. The number of nitrogens with zero attached hydrogens (tertiary/aromatic N) is 2. The smallest absolute Gasteiger partial charge is 0.272 e. The third-order valence-corrected chi connectivity index (χ3v) is 4.05. The molecule has 0 spiro atoms.